The summed E-state index contributed by atoms with van der Waals surface area (Å²) in [5.41, 5.74) is 10.7. The fourth-order valence-electron chi connectivity index (χ4n) is 12.3. The minimum atomic E-state index is -0.159. The third kappa shape index (κ3) is 3.22. The average Bonchev–Trinajstić information content (AvgIpc) is 3.67. The van der Waals surface area contributed by atoms with Crippen molar-refractivity contribution in [1.29, 1.82) is 0 Å². The molecule has 6 aliphatic carbocycles. The third-order valence-electron chi connectivity index (χ3n) is 15.8. The molecule has 2 aromatic rings. The molecule has 0 heterocycles. The Balaban J connectivity index is 1.51. The molecular weight excluding hydrogens is 565 g/mol. The summed E-state index contributed by atoms with van der Waals surface area (Å²) in [6, 6.07) is 22.3. The summed E-state index contributed by atoms with van der Waals surface area (Å²) < 4.78 is 0. The lowest BCUT2D eigenvalue weighted by Gasteiger charge is -2.79. The Kier molecular flexibility index (Phi) is 6.21. The van der Waals surface area contributed by atoms with Crippen molar-refractivity contribution in [3.63, 3.8) is 0 Å². The van der Waals surface area contributed by atoms with Gasteiger partial charge in [0.2, 0.25) is 0 Å². The topological polar surface area (TPSA) is 0 Å². The third-order valence-corrected chi connectivity index (χ3v) is 15.8. The fraction of sp³-hybridized carbons (Fsp3) is 0.362. The SMILES string of the molecule is CC1=C(C2=CC=CC2)C(=C(c2ccccc2)c2ccccc2)CC2=CC3(C)C4(C)C=CC=CC4(C)C4(C)C=CC=CC4(C)C3(C)C21C. The molecule has 238 valence electrons. The first-order valence-electron chi connectivity index (χ1n) is 17.7. The van der Waals surface area contributed by atoms with Gasteiger partial charge in [0.15, 0.2) is 0 Å². The molecule has 1 saturated carbocycles. The molecule has 0 amide bonds. The highest BCUT2D eigenvalue weighted by Gasteiger charge is 2.83. The molecule has 7 atom stereocenters. The van der Waals surface area contributed by atoms with Crippen LogP contribution in [0.3, 0.4) is 0 Å². The Morgan fingerprint density at radius 2 is 1.06 bits per heavy atom. The lowest BCUT2D eigenvalue weighted by Crippen LogP contribution is -2.75. The first-order valence-corrected chi connectivity index (χ1v) is 17.7. The van der Waals surface area contributed by atoms with E-state index in [2.05, 4.69) is 189 Å². The van der Waals surface area contributed by atoms with Gasteiger partial charge in [0.25, 0.3) is 0 Å². The summed E-state index contributed by atoms with van der Waals surface area (Å²) in [6.07, 6.45) is 31.4. The van der Waals surface area contributed by atoms with E-state index in [0.29, 0.717) is 0 Å². The number of allylic oxidation sites excluding steroid dienone is 17. The van der Waals surface area contributed by atoms with E-state index in [1.807, 2.05) is 0 Å². The highest BCUT2D eigenvalue weighted by atomic mass is 14.9. The lowest BCUT2D eigenvalue weighted by molar-refractivity contribution is -0.253. The Labute approximate surface area is 283 Å². The summed E-state index contributed by atoms with van der Waals surface area (Å²) in [4.78, 5) is 0. The maximum Gasteiger partial charge on any atom is 0.0173 e. The monoisotopic (exact) mass is 614 g/mol. The standard InChI is InChI=1S/C47H50/c1-33-39(34-25-15-16-26-34)38(40(35-21-11-9-12-22-35)36-23-13-10-14-24-36)31-37-32-45(6)43(4)29-18-17-27-41(43,2)42(3)28-19-20-30-44(42,5)47(45,8)46(33,37)7/h9-25,27-30,32H,26,31H2,1-8H3. The van der Waals surface area contributed by atoms with Crippen molar-refractivity contribution in [2.75, 3.05) is 0 Å². The molecule has 1 fully saturated rings. The fourth-order valence-corrected chi connectivity index (χ4v) is 12.3. The summed E-state index contributed by atoms with van der Waals surface area (Å²) in [6.45, 7) is 20.8. The number of rotatable bonds is 3. The van der Waals surface area contributed by atoms with Gasteiger partial charge in [0, 0.05) is 32.5 Å². The van der Waals surface area contributed by atoms with Crippen LogP contribution in [0.25, 0.3) is 5.57 Å². The molecule has 0 spiro atoms. The second-order valence-corrected chi connectivity index (χ2v) is 16.5. The zero-order valence-electron chi connectivity index (χ0n) is 29.6. The molecule has 2 aromatic carbocycles. The zero-order chi connectivity index (χ0) is 33.1. The van der Waals surface area contributed by atoms with Crippen LogP contribution in [0.15, 0.2) is 161 Å². The molecule has 0 radical (unpaired) electrons. The first-order chi connectivity index (χ1) is 22.3. The van der Waals surface area contributed by atoms with Crippen LogP contribution in [0.4, 0.5) is 0 Å². The van der Waals surface area contributed by atoms with E-state index in [4.69, 9.17) is 0 Å². The molecular formula is C47H50. The quantitative estimate of drug-likeness (QED) is 0.302. The lowest BCUT2D eigenvalue weighted by atomic mass is 9.23. The van der Waals surface area contributed by atoms with Gasteiger partial charge in [0.05, 0.1) is 0 Å². The first kappa shape index (κ1) is 30.4. The van der Waals surface area contributed by atoms with Crippen molar-refractivity contribution in [3.05, 3.63) is 173 Å². The molecule has 0 bridgehead atoms. The molecule has 0 N–H and O–H groups in total. The minimum absolute atomic E-state index is 0.0871. The minimum Gasteiger partial charge on any atom is -0.0801 e. The van der Waals surface area contributed by atoms with Gasteiger partial charge >= 0.3 is 0 Å². The average molecular weight is 615 g/mol. The second kappa shape index (κ2) is 9.59. The largest absolute Gasteiger partial charge is 0.0801 e. The van der Waals surface area contributed by atoms with Crippen molar-refractivity contribution in [2.45, 2.75) is 68.2 Å². The van der Waals surface area contributed by atoms with Gasteiger partial charge in [-0.05, 0) is 58.6 Å². The Hall–Kier alpha value is -3.90. The summed E-state index contributed by atoms with van der Waals surface area (Å²) >= 11 is 0. The molecule has 0 nitrogen and oxygen atoms in total. The van der Waals surface area contributed by atoms with Gasteiger partial charge in [-0.2, -0.15) is 0 Å². The highest BCUT2D eigenvalue weighted by Crippen LogP contribution is 2.88. The predicted molar refractivity (Wildman–Crippen MR) is 199 cm³/mol. The molecule has 0 heteroatoms. The van der Waals surface area contributed by atoms with E-state index < -0.39 is 0 Å². The summed E-state index contributed by atoms with van der Waals surface area (Å²) in [5.74, 6) is 0. The van der Waals surface area contributed by atoms with Gasteiger partial charge in [0.1, 0.15) is 0 Å². The van der Waals surface area contributed by atoms with Gasteiger partial charge in [-0.15, -0.1) is 0 Å². The summed E-state index contributed by atoms with van der Waals surface area (Å²) in [5, 5.41) is 0. The van der Waals surface area contributed by atoms with Crippen LogP contribution >= 0.6 is 0 Å². The highest BCUT2D eigenvalue weighted by molar-refractivity contribution is 5.87. The Morgan fingerprint density at radius 1 is 0.574 bits per heavy atom. The van der Waals surface area contributed by atoms with Gasteiger partial charge in [-0.1, -0.05) is 193 Å². The van der Waals surface area contributed by atoms with Crippen LogP contribution in [-0.4, -0.2) is 0 Å². The summed E-state index contributed by atoms with van der Waals surface area (Å²) in [7, 11) is 0. The maximum atomic E-state index is 2.81. The van der Waals surface area contributed by atoms with Crippen LogP contribution < -0.4 is 0 Å². The molecule has 7 unspecified atom stereocenters. The Bertz CT molecular complexity index is 1930. The van der Waals surface area contributed by atoms with E-state index >= 15 is 0 Å². The van der Waals surface area contributed by atoms with E-state index in [1.165, 1.54) is 39.0 Å². The molecule has 0 saturated heterocycles. The van der Waals surface area contributed by atoms with Crippen LogP contribution in [-0.2, 0) is 0 Å². The second-order valence-electron chi connectivity index (χ2n) is 16.5. The van der Waals surface area contributed by atoms with E-state index in [0.717, 1.165) is 12.8 Å². The number of hydrogen-bond acceptors (Lipinski definition) is 0. The normalized spacial score (nSPS) is 40.9. The predicted octanol–water partition coefficient (Wildman–Crippen LogP) is 12.3. The Morgan fingerprint density at radius 3 is 1.57 bits per heavy atom. The van der Waals surface area contributed by atoms with Crippen molar-refractivity contribution in [3.8, 4) is 0 Å². The van der Waals surface area contributed by atoms with Gasteiger partial charge in [-0.25, -0.2) is 0 Å². The van der Waals surface area contributed by atoms with Crippen molar-refractivity contribution in [2.24, 2.45) is 37.9 Å². The van der Waals surface area contributed by atoms with Crippen molar-refractivity contribution in [1.82, 2.24) is 0 Å². The van der Waals surface area contributed by atoms with Crippen LogP contribution in [0.2, 0.25) is 0 Å². The number of hydrogen-bond donors (Lipinski definition) is 0. The molecule has 8 rings (SSSR count). The van der Waals surface area contributed by atoms with Crippen LogP contribution in [0.1, 0.15) is 79.4 Å². The molecule has 0 aliphatic heterocycles. The maximum absolute atomic E-state index is 2.81. The smallest absolute Gasteiger partial charge is 0.0173 e. The molecule has 6 aliphatic rings. The van der Waals surface area contributed by atoms with Gasteiger partial charge < -0.3 is 0 Å². The van der Waals surface area contributed by atoms with Crippen molar-refractivity contribution < 1.29 is 0 Å². The van der Waals surface area contributed by atoms with E-state index in [1.54, 1.807) is 5.57 Å². The molecule has 0 aromatic heterocycles. The van der Waals surface area contributed by atoms with Crippen LogP contribution in [0, 0.1) is 37.9 Å². The van der Waals surface area contributed by atoms with E-state index in [9.17, 15) is 0 Å². The van der Waals surface area contributed by atoms with Gasteiger partial charge in [-0.3, -0.25) is 0 Å². The zero-order valence-corrected chi connectivity index (χ0v) is 29.6. The number of benzene rings is 2. The van der Waals surface area contributed by atoms with E-state index in [-0.39, 0.29) is 37.9 Å². The van der Waals surface area contributed by atoms with Crippen LogP contribution in [0.5, 0.6) is 0 Å². The van der Waals surface area contributed by atoms with Crippen molar-refractivity contribution >= 4 is 5.57 Å². The number of fused-ring (bicyclic) bond motifs is 8. The molecule has 47 heavy (non-hydrogen) atoms.